The summed E-state index contributed by atoms with van der Waals surface area (Å²) in [4.78, 5) is 28.3. The van der Waals surface area contributed by atoms with Crippen molar-refractivity contribution in [3.8, 4) is 11.5 Å². The van der Waals surface area contributed by atoms with Crippen LogP contribution >= 0.6 is 23.4 Å². The summed E-state index contributed by atoms with van der Waals surface area (Å²) >= 11 is 7.22. The zero-order chi connectivity index (χ0) is 20.4. The number of hydrogen-bond donors (Lipinski definition) is 1. The number of piperazine rings is 1. The molecule has 8 heteroatoms. The van der Waals surface area contributed by atoms with E-state index < -0.39 is 6.09 Å². The molecule has 2 heterocycles. The molecule has 1 saturated heterocycles. The lowest BCUT2D eigenvalue weighted by atomic mass is 10.1. The minimum absolute atomic E-state index is 0.156. The Morgan fingerprint density at radius 1 is 1.14 bits per heavy atom. The van der Waals surface area contributed by atoms with Crippen molar-refractivity contribution in [2.75, 3.05) is 33.3 Å². The van der Waals surface area contributed by atoms with E-state index in [-0.39, 0.29) is 5.78 Å². The number of benzene rings is 2. The van der Waals surface area contributed by atoms with Crippen LogP contribution in [0, 0.1) is 0 Å². The summed E-state index contributed by atoms with van der Waals surface area (Å²) in [6.45, 7) is 2.64. The lowest BCUT2D eigenvalue weighted by Crippen LogP contribution is -2.47. The Morgan fingerprint density at radius 3 is 2.52 bits per heavy atom. The Hall–Kier alpha value is -2.48. The van der Waals surface area contributed by atoms with Crippen LogP contribution in [0.15, 0.2) is 46.2 Å². The van der Waals surface area contributed by atoms with Gasteiger partial charge in [0.15, 0.2) is 0 Å². The van der Waals surface area contributed by atoms with E-state index in [1.165, 1.54) is 18.9 Å². The molecule has 2 aliphatic heterocycles. The fraction of sp³-hybridized carbons (Fsp3) is 0.238. The van der Waals surface area contributed by atoms with Crippen LogP contribution in [0.25, 0.3) is 6.08 Å². The van der Waals surface area contributed by atoms with E-state index in [1.54, 1.807) is 35.2 Å². The Morgan fingerprint density at radius 2 is 1.83 bits per heavy atom. The highest BCUT2D eigenvalue weighted by Crippen LogP contribution is 2.49. The van der Waals surface area contributed by atoms with Crippen LogP contribution in [-0.2, 0) is 0 Å². The monoisotopic (exact) mass is 430 g/mol. The number of halogens is 1. The van der Waals surface area contributed by atoms with Gasteiger partial charge in [-0.2, -0.15) is 0 Å². The Kier molecular flexibility index (Phi) is 5.80. The molecule has 0 aromatic heterocycles. The number of carbonyl (C=O) groups is 2. The average molecular weight is 431 g/mol. The van der Waals surface area contributed by atoms with Crippen molar-refractivity contribution < 1.29 is 19.1 Å². The normalized spacial score (nSPS) is 17.4. The average Bonchev–Trinajstić information content (AvgIpc) is 3.07. The quantitative estimate of drug-likeness (QED) is 0.740. The fourth-order valence-corrected chi connectivity index (χ4v) is 4.44. The number of methoxy groups -OCH3 is 1. The minimum atomic E-state index is -0.415. The molecule has 6 nitrogen and oxygen atoms in total. The maximum absolute atomic E-state index is 13.0. The van der Waals surface area contributed by atoms with Crippen LogP contribution in [0.4, 0.5) is 4.79 Å². The third-order valence-corrected chi connectivity index (χ3v) is 6.09. The van der Waals surface area contributed by atoms with Crippen LogP contribution in [-0.4, -0.2) is 50.1 Å². The number of ketones is 1. The molecule has 1 fully saturated rings. The highest BCUT2D eigenvalue weighted by Gasteiger charge is 2.33. The van der Waals surface area contributed by atoms with Crippen molar-refractivity contribution in [3.63, 3.8) is 0 Å². The second kappa shape index (κ2) is 8.49. The van der Waals surface area contributed by atoms with Gasteiger partial charge in [0.25, 0.3) is 0 Å². The third kappa shape index (κ3) is 4.12. The number of carbonyl (C=O) groups excluding carboxylic acids is 2. The first kappa shape index (κ1) is 19.8. The smallest absolute Gasteiger partial charge is 0.415 e. The molecule has 0 saturated carbocycles. The van der Waals surface area contributed by atoms with E-state index >= 15 is 0 Å². The largest absolute Gasteiger partial charge is 0.496 e. The maximum atomic E-state index is 13.0. The van der Waals surface area contributed by atoms with Gasteiger partial charge in [0.2, 0.25) is 5.78 Å². The van der Waals surface area contributed by atoms with E-state index in [2.05, 4.69) is 5.32 Å². The summed E-state index contributed by atoms with van der Waals surface area (Å²) < 4.78 is 11.0. The fourth-order valence-electron chi connectivity index (χ4n) is 3.20. The van der Waals surface area contributed by atoms with Gasteiger partial charge < -0.3 is 19.7 Å². The van der Waals surface area contributed by atoms with Gasteiger partial charge in [-0.05, 0) is 35.9 Å². The number of thioether (sulfide) groups is 1. The molecule has 2 aromatic carbocycles. The number of Topliss-reactive ketones (excluding diaryl/α,β-unsaturated/α-hetero) is 1. The number of hydrogen-bond acceptors (Lipinski definition) is 6. The summed E-state index contributed by atoms with van der Waals surface area (Å²) in [5, 5.41) is 3.83. The lowest BCUT2D eigenvalue weighted by Gasteiger charge is -2.26. The number of ether oxygens (including phenoxy) is 2. The third-order valence-electron chi connectivity index (χ3n) is 4.71. The number of nitrogens with one attached hydrogen (secondary N) is 1. The van der Waals surface area contributed by atoms with Gasteiger partial charge in [-0.3, -0.25) is 4.79 Å². The van der Waals surface area contributed by atoms with E-state index in [9.17, 15) is 9.59 Å². The van der Waals surface area contributed by atoms with E-state index in [0.717, 1.165) is 18.7 Å². The zero-order valence-corrected chi connectivity index (χ0v) is 17.3. The first-order valence-electron chi connectivity index (χ1n) is 9.15. The Labute approximate surface area is 177 Å². The summed E-state index contributed by atoms with van der Waals surface area (Å²) in [6, 6.07) is 10.6. The van der Waals surface area contributed by atoms with Crippen LogP contribution in [0.5, 0.6) is 11.5 Å². The van der Waals surface area contributed by atoms with Crippen molar-refractivity contribution in [2.45, 2.75) is 4.90 Å². The van der Waals surface area contributed by atoms with Gasteiger partial charge in [-0.15, -0.1) is 0 Å². The van der Waals surface area contributed by atoms with Crippen LogP contribution in [0.1, 0.15) is 15.9 Å². The topological polar surface area (TPSA) is 67.9 Å². The predicted octanol–water partition coefficient (Wildman–Crippen LogP) is 4.08. The molecule has 1 amide bonds. The van der Waals surface area contributed by atoms with Crippen molar-refractivity contribution in [1.29, 1.82) is 0 Å². The molecule has 0 unspecified atom stereocenters. The first-order chi connectivity index (χ1) is 14.1. The summed E-state index contributed by atoms with van der Waals surface area (Å²) in [7, 11) is 1.51. The molecule has 150 valence electrons. The summed E-state index contributed by atoms with van der Waals surface area (Å²) in [5.74, 6) is 0.665. The molecule has 2 aromatic rings. The van der Waals surface area contributed by atoms with Crippen molar-refractivity contribution >= 4 is 41.3 Å². The summed E-state index contributed by atoms with van der Waals surface area (Å²) in [6.07, 6.45) is 1.38. The molecule has 2 aliphatic rings. The van der Waals surface area contributed by atoms with Crippen molar-refractivity contribution in [2.24, 2.45) is 0 Å². The molecular formula is C21H19ClN2O4S. The Bertz CT molecular complexity index is 985. The molecule has 0 radical (unpaired) electrons. The summed E-state index contributed by atoms with van der Waals surface area (Å²) in [5.41, 5.74) is 1.28. The molecule has 1 N–H and O–H groups in total. The number of allylic oxidation sites excluding steroid dienone is 1. The molecule has 0 bridgehead atoms. The van der Waals surface area contributed by atoms with Crippen LogP contribution < -0.4 is 14.8 Å². The lowest BCUT2D eigenvalue weighted by molar-refractivity contribution is 0.104. The van der Waals surface area contributed by atoms with Crippen molar-refractivity contribution in [3.05, 3.63) is 57.5 Å². The van der Waals surface area contributed by atoms with Crippen LogP contribution in [0.2, 0.25) is 5.02 Å². The highest BCUT2D eigenvalue weighted by atomic mass is 35.5. The number of nitrogens with zero attached hydrogens (tertiary/aromatic N) is 1. The van der Waals surface area contributed by atoms with Gasteiger partial charge in [-0.25, -0.2) is 4.79 Å². The number of fused-ring (bicyclic) bond motifs is 1. The van der Waals surface area contributed by atoms with Gasteiger partial charge in [0.05, 0.1) is 22.5 Å². The van der Waals surface area contributed by atoms with Crippen LogP contribution in [0.3, 0.4) is 0 Å². The van der Waals surface area contributed by atoms with Gasteiger partial charge in [-0.1, -0.05) is 35.5 Å². The molecular weight excluding hydrogens is 412 g/mol. The van der Waals surface area contributed by atoms with Gasteiger partial charge in [0, 0.05) is 31.2 Å². The Balaban J connectivity index is 1.64. The second-order valence-corrected chi connectivity index (χ2v) is 8.06. The second-order valence-electron chi connectivity index (χ2n) is 6.57. The maximum Gasteiger partial charge on any atom is 0.415 e. The molecule has 0 aliphatic carbocycles. The van der Waals surface area contributed by atoms with Crippen molar-refractivity contribution in [1.82, 2.24) is 10.2 Å². The first-order valence-corrected chi connectivity index (χ1v) is 10.3. The highest BCUT2D eigenvalue weighted by molar-refractivity contribution is 8.05. The predicted molar refractivity (Wildman–Crippen MR) is 113 cm³/mol. The SMILES string of the molecule is COc1ccc(OC(=O)N2CCNCC2)c2c1C(=O)/C(=C/c1ccc(Cl)cc1)S2. The number of rotatable bonds is 3. The molecule has 29 heavy (non-hydrogen) atoms. The molecule has 0 spiro atoms. The number of amides is 1. The van der Waals surface area contributed by atoms with E-state index in [4.69, 9.17) is 21.1 Å². The standard InChI is InChI=1S/C21H19ClN2O4S/c1-27-15-6-7-16(28-21(26)24-10-8-23-9-11-24)20-18(15)19(25)17(29-20)12-13-2-4-14(22)5-3-13/h2-7,12,23H,8-11H2,1H3/b17-12-. The van der Waals surface area contributed by atoms with E-state index in [1.807, 2.05) is 12.1 Å². The van der Waals surface area contributed by atoms with E-state index in [0.29, 0.717) is 45.0 Å². The van der Waals surface area contributed by atoms with Gasteiger partial charge >= 0.3 is 6.09 Å². The zero-order valence-electron chi connectivity index (χ0n) is 15.7. The molecule has 4 rings (SSSR count). The molecule has 0 atom stereocenters. The van der Waals surface area contributed by atoms with Gasteiger partial charge in [0.1, 0.15) is 11.5 Å². The minimum Gasteiger partial charge on any atom is -0.496 e.